The lowest BCUT2D eigenvalue weighted by molar-refractivity contribution is 0.0474. The van der Waals surface area contributed by atoms with Crippen LogP contribution >= 0.6 is 0 Å². The molecule has 0 spiro atoms. The zero-order valence-electron chi connectivity index (χ0n) is 12.3. The Hall–Kier alpha value is -1.55. The standard InChI is InChI=1S/C16H24N2O2/c1-3-12(2)17-14-7-4-6-13(10-14)16(20)18-9-5-8-15(19)11-18/h4,6-7,10,12,15,17,19H,3,5,8-9,11H2,1-2H3. The monoisotopic (exact) mass is 276 g/mol. The number of hydrogen-bond acceptors (Lipinski definition) is 3. The number of benzene rings is 1. The van der Waals surface area contributed by atoms with Gasteiger partial charge in [-0.3, -0.25) is 4.79 Å². The molecule has 4 nitrogen and oxygen atoms in total. The predicted octanol–water partition coefficient (Wildman–Crippen LogP) is 2.49. The van der Waals surface area contributed by atoms with Gasteiger partial charge in [0.2, 0.25) is 0 Å². The van der Waals surface area contributed by atoms with Crippen LogP contribution in [0.3, 0.4) is 0 Å². The van der Waals surface area contributed by atoms with E-state index >= 15 is 0 Å². The molecule has 1 amide bonds. The van der Waals surface area contributed by atoms with Crippen LogP contribution in [0.15, 0.2) is 24.3 Å². The second-order valence-corrected chi connectivity index (χ2v) is 5.58. The van der Waals surface area contributed by atoms with Gasteiger partial charge in [0.05, 0.1) is 6.10 Å². The average molecular weight is 276 g/mol. The van der Waals surface area contributed by atoms with Crippen molar-refractivity contribution in [1.29, 1.82) is 0 Å². The smallest absolute Gasteiger partial charge is 0.254 e. The number of rotatable bonds is 4. The first-order valence-electron chi connectivity index (χ1n) is 7.44. The Morgan fingerprint density at radius 1 is 1.55 bits per heavy atom. The van der Waals surface area contributed by atoms with Crippen molar-refractivity contribution < 1.29 is 9.90 Å². The van der Waals surface area contributed by atoms with E-state index in [0.29, 0.717) is 18.2 Å². The summed E-state index contributed by atoms with van der Waals surface area (Å²) in [6.45, 7) is 5.43. The Kier molecular flexibility index (Phi) is 5.01. The molecule has 20 heavy (non-hydrogen) atoms. The Bertz CT molecular complexity index is 462. The van der Waals surface area contributed by atoms with E-state index in [1.807, 2.05) is 24.3 Å². The maximum atomic E-state index is 12.4. The second kappa shape index (κ2) is 6.75. The van der Waals surface area contributed by atoms with E-state index in [-0.39, 0.29) is 12.0 Å². The number of nitrogens with zero attached hydrogens (tertiary/aromatic N) is 1. The fourth-order valence-corrected chi connectivity index (χ4v) is 2.45. The van der Waals surface area contributed by atoms with Gasteiger partial charge < -0.3 is 15.3 Å². The zero-order valence-corrected chi connectivity index (χ0v) is 12.3. The third-order valence-electron chi connectivity index (χ3n) is 3.82. The SMILES string of the molecule is CCC(C)Nc1cccc(C(=O)N2CCCC(O)C2)c1. The first-order chi connectivity index (χ1) is 9.60. The molecule has 0 bridgehead atoms. The largest absolute Gasteiger partial charge is 0.391 e. The van der Waals surface area contributed by atoms with Gasteiger partial charge in [0, 0.05) is 30.4 Å². The Morgan fingerprint density at radius 2 is 2.35 bits per heavy atom. The van der Waals surface area contributed by atoms with E-state index < -0.39 is 0 Å². The molecular weight excluding hydrogens is 252 g/mol. The Morgan fingerprint density at radius 3 is 3.05 bits per heavy atom. The van der Waals surface area contributed by atoms with Crippen LogP contribution in [-0.2, 0) is 0 Å². The van der Waals surface area contributed by atoms with Gasteiger partial charge in [-0.05, 0) is 44.4 Å². The molecule has 2 rings (SSSR count). The molecule has 2 atom stereocenters. The van der Waals surface area contributed by atoms with Crippen LogP contribution in [0.2, 0.25) is 0 Å². The second-order valence-electron chi connectivity index (χ2n) is 5.58. The van der Waals surface area contributed by atoms with Crippen molar-refractivity contribution in [2.45, 2.75) is 45.3 Å². The van der Waals surface area contributed by atoms with E-state index in [1.165, 1.54) is 0 Å². The average Bonchev–Trinajstić information content (AvgIpc) is 2.46. The van der Waals surface area contributed by atoms with Gasteiger partial charge in [-0.15, -0.1) is 0 Å². The highest BCUT2D eigenvalue weighted by Gasteiger charge is 2.23. The van der Waals surface area contributed by atoms with Gasteiger partial charge in [0.1, 0.15) is 0 Å². The molecular formula is C16H24N2O2. The Balaban J connectivity index is 2.07. The molecule has 1 aliphatic rings. The summed E-state index contributed by atoms with van der Waals surface area (Å²) in [5, 5.41) is 13.1. The zero-order chi connectivity index (χ0) is 14.5. The van der Waals surface area contributed by atoms with Crippen LogP contribution in [0, 0.1) is 0 Å². The van der Waals surface area contributed by atoms with Crippen LogP contribution in [0.25, 0.3) is 0 Å². The summed E-state index contributed by atoms with van der Waals surface area (Å²) in [6.07, 6.45) is 2.32. The van der Waals surface area contributed by atoms with Crippen LogP contribution in [0.1, 0.15) is 43.5 Å². The summed E-state index contributed by atoms with van der Waals surface area (Å²) >= 11 is 0. The quantitative estimate of drug-likeness (QED) is 0.888. The number of anilines is 1. The van der Waals surface area contributed by atoms with E-state index in [9.17, 15) is 9.90 Å². The minimum atomic E-state index is -0.380. The maximum Gasteiger partial charge on any atom is 0.254 e. The summed E-state index contributed by atoms with van der Waals surface area (Å²) in [7, 11) is 0. The van der Waals surface area contributed by atoms with Crippen molar-refractivity contribution in [2.24, 2.45) is 0 Å². The van der Waals surface area contributed by atoms with Gasteiger partial charge in [-0.2, -0.15) is 0 Å². The number of aliphatic hydroxyl groups excluding tert-OH is 1. The fraction of sp³-hybridized carbons (Fsp3) is 0.562. The van der Waals surface area contributed by atoms with Crippen molar-refractivity contribution in [2.75, 3.05) is 18.4 Å². The van der Waals surface area contributed by atoms with Crippen molar-refractivity contribution >= 4 is 11.6 Å². The van der Waals surface area contributed by atoms with E-state index in [1.54, 1.807) is 4.90 Å². The molecule has 1 aromatic rings. The van der Waals surface area contributed by atoms with Crippen LogP contribution in [-0.4, -0.2) is 41.1 Å². The van der Waals surface area contributed by atoms with E-state index in [4.69, 9.17) is 0 Å². The lowest BCUT2D eigenvalue weighted by Gasteiger charge is -2.30. The number of carbonyl (C=O) groups excluding carboxylic acids is 1. The van der Waals surface area contributed by atoms with Crippen LogP contribution < -0.4 is 5.32 Å². The topological polar surface area (TPSA) is 52.6 Å². The van der Waals surface area contributed by atoms with Crippen LogP contribution in [0.5, 0.6) is 0 Å². The summed E-state index contributed by atoms with van der Waals surface area (Å²) in [4.78, 5) is 14.2. The Labute approximate surface area is 120 Å². The number of amides is 1. The number of likely N-dealkylation sites (tertiary alicyclic amines) is 1. The molecule has 1 fully saturated rings. The molecule has 2 unspecified atom stereocenters. The number of piperidine rings is 1. The highest BCUT2D eigenvalue weighted by Crippen LogP contribution is 2.17. The molecule has 4 heteroatoms. The molecule has 1 heterocycles. The third-order valence-corrected chi connectivity index (χ3v) is 3.82. The molecule has 0 saturated carbocycles. The number of carbonyl (C=O) groups is 1. The van der Waals surface area contributed by atoms with Gasteiger partial charge in [0.25, 0.3) is 5.91 Å². The fourth-order valence-electron chi connectivity index (χ4n) is 2.45. The summed E-state index contributed by atoms with van der Waals surface area (Å²) < 4.78 is 0. The highest BCUT2D eigenvalue weighted by molar-refractivity contribution is 5.95. The van der Waals surface area contributed by atoms with Crippen molar-refractivity contribution in [3.63, 3.8) is 0 Å². The molecule has 0 aromatic heterocycles. The number of hydrogen-bond donors (Lipinski definition) is 2. The molecule has 110 valence electrons. The van der Waals surface area contributed by atoms with E-state index in [0.717, 1.165) is 31.5 Å². The molecule has 1 saturated heterocycles. The summed E-state index contributed by atoms with van der Waals surface area (Å²) in [6, 6.07) is 8.00. The molecule has 0 aliphatic carbocycles. The molecule has 2 N–H and O–H groups in total. The van der Waals surface area contributed by atoms with Crippen molar-refractivity contribution in [1.82, 2.24) is 4.90 Å². The number of nitrogens with one attached hydrogen (secondary N) is 1. The normalized spacial score (nSPS) is 20.6. The van der Waals surface area contributed by atoms with Gasteiger partial charge >= 0.3 is 0 Å². The van der Waals surface area contributed by atoms with Gasteiger partial charge in [-0.1, -0.05) is 13.0 Å². The highest BCUT2D eigenvalue weighted by atomic mass is 16.3. The number of β-amino-alcohol motifs (C(OH)–C–C–N with tert-alkyl or cyclic N) is 1. The van der Waals surface area contributed by atoms with Gasteiger partial charge in [-0.25, -0.2) is 0 Å². The molecule has 0 radical (unpaired) electrons. The predicted molar refractivity (Wildman–Crippen MR) is 81.0 cm³/mol. The minimum absolute atomic E-state index is 0.0107. The summed E-state index contributed by atoms with van der Waals surface area (Å²) in [5.74, 6) is 0.0107. The van der Waals surface area contributed by atoms with Crippen molar-refractivity contribution in [3.05, 3.63) is 29.8 Å². The minimum Gasteiger partial charge on any atom is -0.391 e. The third kappa shape index (κ3) is 3.73. The van der Waals surface area contributed by atoms with Crippen LogP contribution in [0.4, 0.5) is 5.69 Å². The number of aliphatic hydroxyl groups is 1. The first-order valence-corrected chi connectivity index (χ1v) is 7.44. The van der Waals surface area contributed by atoms with Crippen molar-refractivity contribution in [3.8, 4) is 0 Å². The maximum absolute atomic E-state index is 12.4. The van der Waals surface area contributed by atoms with Gasteiger partial charge in [0.15, 0.2) is 0 Å². The molecule has 1 aliphatic heterocycles. The van der Waals surface area contributed by atoms with E-state index in [2.05, 4.69) is 19.2 Å². The first kappa shape index (κ1) is 14.9. The summed E-state index contributed by atoms with van der Waals surface area (Å²) in [5.41, 5.74) is 1.66. The lowest BCUT2D eigenvalue weighted by atomic mass is 10.1. The lowest BCUT2D eigenvalue weighted by Crippen LogP contribution is -2.42. The molecule has 1 aromatic carbocycles.